The first kappa shape index (κ1) is 19.9. The lowest BCUT2D eigenvalue weighted by atomic mass is 10.2. The monoisotopic (exact) mass is 421 g/mol. The summed E-state index contributed by atoms with van der Waals surface area (Å²) in [5, 5.41) is 7.55. The first-order valence-electron chi connectivity index (χ1n) is 9.85. The molecule has 4 rings (SSSR count). The van der Waals surface area contributed by atoms with E-state index >= 15 is 0 Å². The smallest absolute Gasteiger partial charge is 0.0737 e. The number of aromatic nitrogens is 1. The van der Waals surface area contributed by atoms with Crippen molar-refractivity contribution in [3.8, 4) is 0 Å². The van der Waals surface area contributed by atoms with Gasteiger partial charge in [0.15, 0.2) is 0 Å². The van der Waals surface area contributed by atoms with Crippen LogP contribution in [0, 0.1) is 0 Å². The molecule has 0 amide bonds. The zero-order chi connectivity index (χ0) is 19.9. The fourth-order valence-corrected chi connectivity index (χ4v) is 4.39. The van der Waals surface area contributed by atoms with Gasteiger partial charge in [0.25, 0.3) is 0 Å². The molecule has 0 unspecified atom stereocenters. The molecule has 0 saturated carbocycles. The fraction of sp³-hybridized carbons (Fsp3) is 0.208. The molecule has 0 bridgehead atoms. The van der Waals surface area contributed by atoms with E-state index in [1.807, 2.05) is 41.8 Å². The Morgan fingerprint density at radius 2 is 1.86 bits per heavy atom. The second-order valence-electron chi connectivity index (χ2n) is 7.08. The molecule has 4 aromatic rings. The Morgan fingerprint density at radius 1 is 0.966 bits per heavy atom. The van der Waals surface area contributed by atoms with Crippen molar-refractivity contribution in [2.45, 2.75) is 19.5 Å². The summed E-state index contributed by atoms with van der Waals surface area (Å²) in [4.78, 5) is 8.35. The lowest BCUT2D eigenvalue weighted by Crippen LogP contribution is -2.25. The van der Waals surface area contributed by atoms with E-state index in [1.54, 1.807) is 0 Å². The molecule has 0 aliphatic carbocycles. The number of thiophene rings is 1. The van der Waals surface area contributed by atoms with Crippen LogP contribution in [-0.4, -0.2) is 23.0 Å². The molecule has 29 heavy (non-hydrogen) atoms. The molecule has 5 heteroatoms. The minimum atomic E-state index is 0.715. The van der Waals surface area contributed by atoms with Gasteiger partial charge in [-0.25, -0.2) is 0 Å². The minimum absolute atomic E-state index is 0.715. The largest absolute Gasteiger partial charge is 0.384 e. The van der Waals surface area contributed by atoms with Gasteiger partial charge in [-0.15, -0.1) is 11.3 Å². The van der Waals surface area contributed by atoms with Crippen molar-refractivity contribution in [1.29, 1.82) is 0 Å². The normalized spacial score (nSPS) is 11.2. The number of hydrogen-bond donors (Lipinski definition) is 1. The average Bonchev–Trinajstić information content (AvgIpc) is 3.24. The SMILES string of the molecule is Clc1ccc2c(NCCCN(Cc3ccccc3)Cc3cccs3)ccnc2c1. The third kappa shape index (κ3) is 5.57. The average molecular weight is 422 g/mol. The Kier molecular flexibility index (Phi) is 6.78. The lowest BCUT2D eigenvalue weighted by molar-refractivity contribution is 0.258. The highest BCUT2D eigenvalue weighted by molar-refractivity contribution is 7.09. The topological polar surface area (TPSA) is 28.2 Å². The summed E-state index contributed by atoms with van der Waals surface area (Å²) in [6.07, 6.45) is 2.90. The Labute approximate surface area is 181 Å². The molecule has 2 aromatic heterocycles. The van der Waals surface area contributed by atoms with Gasteiger partial charge in [0, 0.05) is 53.3 Å². The maximum absolute atomic E-state index is 6.09. The van der Waals surface area contributed by atoms with E-state index in [4.69, 9.17) is 11.6 Å². The third-order valence-electron chi connectivity index (χ3n) is 4.88. The maximum Gasteiger partial charge on any atom is 0.0737 e. The highest BCUT2D eigenvalue weighted by Gasteiger charge is 2.08. The standard InChI is InChI=1S/C24H24ClN3S/c25-20-9-10-22-23(11-13-27-24(22)16-20)26-12-5-14-28(18-21-8-4-15-29-21)17-19-6-2-1-3-7-19/h1-4,6-11,13,15-16H,5,12,14,17-18H2,(H,26,27). The molecule has 0 spiro atoms. The highest BCUT2D eigenvalue weighted by Crippen LogP contribution is 2.24. The Morgan fingerprint density at radius 3 is 2.69 bits per heavy atom. The van der Waals surface area contributed by atoms with Crippen LogP contribution >= 0.6 is 22.9 Å². The van der Waals surface area contributed by atoms with Gasteiger partial charge in [0.2, 0.25) is 0 Å². The van der Waals surface area contributed by atoms with Crippen LogP contribution in [0.5, 0.6) is 0 Å². The molecule has 0 radical (unpaired) electrons. The summed E-state index contributed by atoms with van der Waals surface area (Å²) < 4.78 is 0. The zero-order valence-corrected chi connectivity index (χ0v) is 17.8. The molecule has 1 N–H and O–H groups in total. The number of anilines is 1. The Bertz CT molecular complexity index is 1030. The van der Waals surface area contributed by atoms with E-state index in [0.29, 0.717) is 5.02 Å². The zero-order valence-electron chi connectivity index (χ0n) is 16.2. The third-order valence-corrected chi connectivity index (χ3v) is 5.98. The van der Waals surface area contributed by atoms with E-state index in [9.17, 15) is 0 Å². The van der Waals surface area contributed by atoms with Crippen molar-refractivity contribution >= 4 is 39.5 Å². The van der Waals surface area contributed by atoms with Crippen LogP contribution in [-0.2, 0) is 13.1 Å². The van der Waals surface area contributed by atoms with Crippen LogP contribution in [0.2, 0.25) is 5.02 Å². The van der Waals surface area contributed by atoms with Crippen LogP contribution < -0.4 is 5.32 Å². The van der Waals surface area contributed by atoms with Gasteiger partial charge < -0.3 is 5.32 Å². The summed E-state index contributed by atoms with van der Waals surface area (Å²) in [5.41, 5.74) is 3.39. The van der Waals surface area contributed by atoms with Gasteiger partial charge in [-0.3, -0.25) is 9.88 Å². The Balaban J connectivity index is 1.36. The number of pyridine rings is 1. The summed E-state index contributed by atoms with van der Waals surface area (Å²) >= 11 is 7.92. The van der Waals surface area contributed by atoms with Gasteiger partial charge >= 0.3 is 0 Å². The molecule has 2 aromatic carbocycles. The van der Waals surface area contributed by atoms with Gasteiger partial charge in [0.05, 0.1) is 5.52 Å². The number of halogens is 1. The number of nitrogens with zero attached hydrogens (tertiary/aromatic N) is 2. The fourth-order valence-electron chi connectivity index (χ4n) is 3.48. The van der Waals surface area contributed by atoms with E-state index in [0.717, 1.165) is 49.2 Å². The summed E-state index contributed by atoms with van der Waals surface area (Å²) in [6.45, 7) is 3.91. The first-order chi connectivity index (χ1) is 14.3. The van der Waals surface area contributed by atoms with Crippen molar-refractivity contribution in [3.63, 3.8) is 0 Å². The summed E-state index contributed by atoms with van der Waals surface area (Å²) in [6, 6.07) is 22.9. The molecule has 3 nitrogen and oxygen atoms in total. The van der Waals surface area contributed by atoms with E-state index in [1.165, 1.54) is 10.4 Å². The predicted octanol–water partition coefficient (Wildman–Crippen LogP) is 6.45. The van der Waals surface area contributed by atoms with E-state index < -0.39 is 0 Å². The van der Waals surface area contributed by atoms with Crippen molar-refractivity contribution in [2.24, 2.45) is 0 Å². The highest BCUT2D eigenvalue weighted by atomic mass is 35.5. The predicted molar refractivity (Wildman–Crippen MR) is 125 cm³/mol. The Hall–Kier alpha value is -2.40. The van der Waals surface area contributed by atoms with Crippen LogP contribution in [0.4, 0.5) is 5.69 Å². The summed E-state index contributed by atoms with van der Waals surface area (Å²) in [7, 11) is 0. The molecule has 2 heterocycles. The van der Waals surface area contributed by atoms with E-state index in [-0.39, 0.29) is 0 Å². The van der Waals surface area contributed by atoms with Crippen LogP contribution in [0.1, 0.15) is 16.9 Å². The molecule has 0 atom stereocenters. The molecule has 0 aliphatic rings. The van der Waals surface area contributed by atoms with Crippen molar-refractivity contribution in [1.82, 2.24) is 9.88 Å². The van der Waals surface area contributed by atoms with Gasteiger partial charge in [0.1, 0.15) is 0 Å². The quantitative estimate of drug-likeness (QED) is 0.314. The molecule has 0 saturated heterocycles. The molecule has 0 fully saturated rings. The van der Waals surface area contributed by atoms with E-state index in [2.05, 4.69) is 63.0 Å². The minimum Gasteiger partial charge on any atom is -0.384 e. The molecular weight excluding hydrogens is 398 g/mol. The van der Waals surface area contributed by atoms with Gasteiger partial charge in [-0.05, 0) is 47.7 Å². The second kappa shape index (κ2) is 9.88. The molecular formula is C24H24ClN3S. The number of hydrogen-bond acceptors (Lipinski definition) is 4. The van der Waals surface area contributed by atoms with Crippen LogP contribution in [0.3, 0.4) is 0 Å². The molecule has 0 aliphatic heterocycles. The van der Waals surface area contributed by atoms with Crippen LogP contribution in [0.15, 0.2) is 78.3 Å². The van der Waals surface area contributed by atoms with Gasteiger partial charge in [-0.2, -0.15) is 0 Å². The number of fused-ring (bicyclic) bond motifs is 1. The number of rotatable bonds is 9. The number of nitrogens with one attached hydrogen (secondary N) is 1. The first-order valence-corrected chi connectivity index (χ1v) is 11.1. The summed E-state index contributed by atoms with van der Waals surface area (Å²) in [5.74, 6) is 0. The van der Waals surface area contributed by atoms with Crippen molar-refractivity contribution in [2.75, 3.05) is 18.4 Å². The second-order valence-corrected chi connectivity index (χ2v) is 8.54. The van der Waals surface area contributed by atoms with Crippen LogP contribution in [0.25, 0.3) is 10.9 Å². The van der Waals surface area contributed by atoms with Crippen molar-refractivity contribution < 1.29 is 0 Å². The van der Waals surface area contributed by atoms with Crippen molar-refractivity contribution in [3.05, 3.63) is 93.8 Å². The van der Waals surface area contributed by atoms with Gasteiger partial charge in [-0.1, -0.05) is 48.0 Å². The maximum atomic E-state index is 6.09. The molecule has 148 valence electrons. The lowest BCUT2D eigenvalue weighted by Gasteiger charge is -2.22. The number of benzene rings is 2.